The van der Waals surface area contributed by atoms with Crippen LogP contribution in [-0.2, 0) is 26.4 Å². The first kappa shape index (κ1) is 10.1. The number of carbonyl (C=O) groups excluding carboxylic acids is 1. The maximum atomic E-state index is 11.2. The van der Waals surface area contributed by atoms with Crippen molar-refractivity contribution in [3.63, 3.8) is 0 Å². The predicted molar refractivity (Wildman–Crippen MR) is 49.9 cm³/mol. The molecule has 15 heavy (non-hydrogen) atoms. The fourth-order valence-electron chi connectivity index (χ4n) is 1.47. The molecule has 0 aromatic carbocycles. The van der Waals surface area contributed by atoms with Crippen LogP contribution in [0, 0.1) is 0 Å². The van der Waals surface area contributed by atoms with Crippen LogP contribution in [0.2, 0.25) is 0 Å². The predicted octanol–water partition coefficient (Wildman–Crippen LogP) is 0.0850. The third kappa shape index (κ3) is 1.50. The van der Waals surface area contributed by atoms with Gasteiger partial charge in [0.15, 0.2) is 6.10 Å². The van der Waals surface area contributed by atoms with Crippen LogP contribution in [0.5, 0.6) is 0 Å². The van der Waals surface area contributed by atoms with Gasteiger partial charge in [-0.1, -0.05) is 5.21 Å². The SMILES string of the molecule is CCn1cc(C2(C)OC2C(=O)OC)nn1. The van der Waals surface area contributed by atoms with Crippen molar-refractivity contribution in [2.45, 2.75) is 32.1 Å². The lowest BCUT2D eigenvalue weighted by molar-refractivity contribution is -0.142. The number of aryl methyl sites for hydroxylation is 1. The Morgan fingerprint density at radius 2 is 2.53 bits per heavy atom. The van der Waals surface area contributed by atoms with Crippen LogP contribution in [0.1, 0.15) is 19.5 Å². The third-order valence-electron chi connectivity index (χ3n) is 2.59. The average Bonchev–Trinajstić information content (AvgIpc) is 2.75. The van der Waals surface area contributed by atoms with E-state index in [1.54, 1.807) is 17.8 Å². The van der Waals surface area contributed by atoms with Gasteiger partial charge in [0.05, 0.1) is 13.3 Å². The highest BCUT2D eigenvalue weighted by Gasteiger charge is 2.61. The van der Waals surface area contributed by atoms with Crippen molar-refractivity contribution in [2.24, 2.45) is 0 Å². The van der Waals surface area contributed by atoms with Crippen molar-refractivity contribution >= 4 is 5.97 Å². The summed E-state index contributed by atoms with van der Waals surface area (Å²) < 4.78 is 11.6. The van der Waals surface area contributed by atoms with Gasteiger partial charge >= 0.3 is 5.97 Å². The molecule has 2 unspecified atom stereocenters. The summed E-state index contributed by atoms with van der Waals surface area (Å²) in [7, 11) is 1.34. The first-order valence-corrected chi connectivity index (χ1v) is 4.78. The van der Waals surface area contributed by atoms with Crippen molar-refractivity contribution in [1.82, 2.24) is 15.0 Å². The molecule has 0 saturated carbocycles. The quantitative estimate of drug-likeness (QED) is 0.523. The van der Waals surface area contributed by atoms with E-state index < -0.39 is 11.7 Å². The van der Waals surface area contributed by atoms with Crippen LogP contribution in [0.4, 0.5) is 0 Å². The third-order valence-corrected chi connectivity index (χ3v) is 2.59. The summed E-state index contributed by atoms with van der Waals surface area (Å²) in [5, 5.41) is 7.86. The molecule has 1 aromatic heterocycles. The molecule has 0 amide bonds. The summed E-state index contributed by atoms with van der Waals surface area (Å²) in [5.41, 5.74) is 0.000278. The average molecular weight is 211 g/mol. The van der Waals surface area contributed by atoms with Crippen LogP contribution in [0.15, 0.2) is 6.20 Å². The van der Waals surface area contributed by atoms with Gasteiger partial charge < -0.3 is 9.47 Å². The number of rotatable bonds is 3. The van der Waals surface area contributed by atoms with Gasteiger partial charge in [0.2, 0.25) is 0 Å². The number of ether oxygens (including phenoxy) is 2. The van der Waals surface area contributed by atoms with Gasteiger partial charge in [-0.2, -0.15) is 0 Å². The number of aromatic nitrogens is 3. The highest BCUT2D eigenvalue weighted by Crippen LogP contribution is 2.45. The molecule has 1 saturated heterocycles. The lowest BCUT2D eigenvalue weighted by Gasteiger charge is -1.99. The lowest BCUT2D eigenvalue weighted by Crippen LogP contribution is -2.17. The van der Waals surface area contributed by atoms with Crippen LogP contribution in [0.3, 0.4) is 0 Å². The largest absolute Gasteiger partial charge is 0.467 e. The van der Waals surface area contributed by atoms with E-state index in [2.05, 4.69) is 15.0 Å². The molecule has 2 heterocycles. The minimum atomic E-state index is -0.666. The molecule has 2 atom stereocenters. The number of nitrogens with zero attached hydrogens (tertiary/aromatic N) is 3. The number of hydrogen-bond acceptors (Lipinski definition) is 5. The number of esters is 1. The molecular formula is C9H13N3O3. The summed E-state index contributed by atoms with van der Waals surface area (Å²) in [6.07, 6.45) is 1.23. The molecule has 0 bridgehead atoms. The smallest absolute Gasteiger partial charge is 0.338 e. The molecule has 1 fully saturated rings. The Bertz CT molecular complexity index is 390. The van der Waals surface area contributed by atoms with E-state index in [1.165, 1.54) is 7.11 Å². The molecule has 0 N–H and O–H groups in total. The molecule has 1 aliphatic heterocycles. The summed E-state index contributed by atoms with van der Waals surface area (Å²) in [4.78, 5) is 11.2. The Hall–Kier alpha value is -1.43. The molecule has 6 heteroatoms. The number of carbonyl (C=O) groups is 1. The lowest BCUT2D eigenvalue weighted by atomic mass is 10.1. The fourth-order valence-corrected chi connectivity index (χ4v) is 1.47. The second-order valence-electron chi connectivity index (χ2n) is 3.59. The second-order valence-corrected chi connectivity index (χ2v) is 3.59. The maximum Gasteiger partial charge on any atom is 0.338 e. The van der Waals surface area contributed by atoms with Crippen molar-refractivity contribution in [3.05, 3.63) is 11.9 Å². The van der Waals surface area contributed by atoms with Gasteiger partial charge in [-0.05, 0) is 13.8 Å². The number of methoxy groups -OCH3 is 1. The standard InChI is InChI=1S/C9H13N3O3/c1-4-12-5-6(10-11-12)9(2)7(15-9)8(13)14-3/h5,7H,4H2,1-3H3. The Morgan fingerprint density at radius 3 is 3.07 bits per heavy atom. The molecule has 0 spiro atoms. The summed E-state index contributed by atoms with van der Waals surface area (Å²) >= 11 is 0. The topological polar surface area (TPSA) is 69.5 Å². The van der Waals surface area contributed by atoms with Crippen molar-refractivity contribution in [1.29, 1.82) is 0 Å². The first-order chi connectivity index (χ1) is 7.11. The van der Waals surface area contributed by atoms with Crippen LogP contribution >= 0.6 is 0 Å². The van der Waals surface area contributed by atoms with Gasteiger partial charge in [-0.15, -0.1) is 5.10 Å². The first-order valence-electron chi connectivity index (χ1n) is 4.78. The van der Waals surface area contributed by atoms with E-state index in [0.717, 1.165) is 6.54 Å². The maximum absolute atomic E-state index is 11.2. The van der Waals surface area contributed by atoms with Gasteiger partial charge in [-0.25, -0.2) is 4.79 Å². The zero-order valence-corrected chi connectivity index (χ0v) is 8.93. The summed E-state index contributed by atoms with van der Waals surface area (Å²) in [6, 6.07) is 0. The summed E-state index contributed by atoms with van der Waals surface area (Å²) in [6.45, 7) is 4.51. The number of epoxide rings is 1. The Kier molecular flexibility index (Phi) is 2.22. The number of hydrogen-bond donors (Lipinski definition) is 0. The molecule has 6 nitrogen and oxygen atoms in total. The monoisotopic (exact) mass is 211 g/mol. The van der Waals surface area contributed by atoms with E-state index in [4.69, 9.17) is 4.74 Å². The highest BCUT2D eigenvalue weighted by atomic mass is 16.7. The molecule has 2 rings (SSSR count). The molecule has 1 aromatic rings. The molecule has 0 aliphatic carbocycles. The van der Waals surface area contributed by atoms with Crippen LogP contribution in [0.25, 0.3) is 0 Å². The molecule has 1 aliphatic rings. The minimum Gasteiger partial charge on any atom is -0.467 e. The Morgan fingerprint density at radius 1 is 1.80 bits per heavy atom. The zero-order chi connectivity index (χ0) is 11.1. The van der Waals surface area contributed by atoms with Crippen molar-refractivity contribution < 1.29 is 14.3 Å². The van der Waals surface area contributed by atoms with Crippen molar-refractivity contribution in [2.75, 3.05) is 7.11 Å². The van der Waals surface area contributed by atoms with E-state index in [-0.39, 0.29) is 5.97 Å². The minimum absolute atomic E-state index is 0.372. The van der Waals surface area contributed by atoms with E-state index in [0.29, 0.717) is 5.69 Å². The van der Waals surface area contributed by atoms with Gasteiger partial charge in [-0.3, -0.25) is 4.68 Å². The van der Waals surface area contributed by atoms with Gasteiger partial charge in [0.1, 0.15) is 11.3 Å². The van der Waals surface area contributed by atoms with E-state index in [9.17, 15) is 4.79 Å². The van der Waals surface area contributed by atoms with Crippen LogP contribution in [-0.4, -0.2) is 34.2 Å². The van der Waals surface area contributed by atoms with Gasteiger partial charge in [0.25, 0.3) is 0 Å². The zero-order valence-electron chi connectivity index (χ0n) is 8.93. The molecule has 0 radical (unpaired) electrons. The molecular weight excluding hydrogens is 198 g/mol. The Labute approximate surface area is 87.2 Å². The normalized spacial score (nSPS) is 28.9. The van der Waals surface area contributed by atoms with E-state index >= 15 is 0 Å². The van der Waals surface area contributed by atoms with Gasteiger partial charge in [0, 0.05) is 6.54 Å². The van der Waals surface area contributed by atoms with E-state index in [1.807, 2.05) is 6.92 Å². The fraction of sp³-hybridized carbons (Fsp3) is 0.667. The highest BCUT2D eigenvalue weighted by molar-refractivity contribution is 5.79. The molecule has 82 valence electrons. The Balaban J connectivity index is 2.15. The summed E-state index contributed by atoms with van der Waals surface area (Å²) in [5.74, 6) is -0.372. The second kappa shape index (κ2) is 3.30. The van der Waals surface area contributed by atoms with Crippen LogP contribution < -0.4 is 0 Å². The van der Waals surface area contributed by atoms with Crippen molar-refractivity contribution in [3.8, 4) is 0 Å².